The molecular weight excluding hydrogens is 542 g/mol. The first-order valence-corrected chi connectivity index (χ1v) is 13.8. The van der Waals surface area contributed by atoms with Crippen LogP contribution in [0, 0.1) is 17.0 Å². The minimum atomic E-state index is -0.655. The summed E-state index contributed by atoms with van der Waals surface area (Å²) in [7, 11) is 0. The van der Waals surface area contributed by atoms with Gasteiger partial charge >= 0.3 is 5.97 Å². The lowest BCUT2D eigenvalue weighted by atomic mass is 9.95. The lowest BCUT2D eigenvalue weighted by Gasteiger charge is -2.24. The highest BCUT2D eigenvalue weighted by Gasteiger charge is 2.33. The van der Waals surface area contributed by atoms with Gasteiger partial charge in [-0.05, 0) is 55.7 Å². The molecule has 0 saturated carbocycles. The predicted molar refractivity (Wildman–Crippen MR) is 155 cm³/mol. The first-order valence-electron chi connectivity index (χ1n) is 13.0. The van der Waals surface area contributed by atoms with Gasteiger partial charge in [-0.3, -0.25) is 19.5 Å². The van der Waals surface area contributed by atoms with E-state index in [-0.39, 0.29) is 24.5 Å². The zero-order chi connectivity index (χ0) is 29.1. The maximum atomic E-state index is 13.7. The Morgan fingerprint density at radius 3 is 2.51 bits per heavy atom. The van der Waals surface area contributed by atoms with E-state index in [0.717, 1.165) is 16.7 Å². The molecule has 10 heteroatoms. The van der Waals surface area contributed by atoms with Crippen molar-refractivity contribution < 1.29 is 19.2 Å². The molecule has 3 aromatic carbocycles. The van der Waals surface area contributed by atoms with Crippen molar-refractivity contribution in [2.75, 3.05) is 6.61 Å². The van der Waals surface area contributed by atoms with Gasteiger partial charge in [-0.25, -0.2) is 9.79 Å². The topological polar surface area (TPSA) is 113 Å². The summed E-state index contributed by atoms with van der Waals surface area (Å²) in [6, 6.07) is 20.6. The molecule has 0 unspecified atom stereocenters. The van der Waals surface area contributed by atoms with E-state index in [1.54, 1.807) is 48.8 Å². The summed E-state index contributed by atoms with van der Waals surface area (Å²) in [5.74, 6) is 0.0958. The van der Waals surface area contributed by atoms with E-state index in [9.17, 15) is 19.7 Å². The van der Waals surface area contributed by atoms with E-state index < -0.39 is 16.9 Å². The second-order valence-electron chi connectivity index (χ2n) is 9.50. The summed E-state index contributed by atoms with van der Waals surface area (Å²) in [4.78, 5) is 42.4. The van der Waals surface area contributed by atoms with Gasteiger partial charge < -0.3 is 9.47 Å². The highest BCUT2D eigenvalue weighted by atomic mass is 32.1. The number of fused-ring (bicyclic) bond motifs is 1. The molecule has 0 N–H and O–H groups in total. The molecule has 1 atom stereocenters. The predicted octanol–water partition coefficient (Wildman–Crippen LogP) is 4.59. The Bertz CT molecular complexity index is 1840. The smallest absolute Gasteiger partial charge is 0.338 e. The Morgan fingerprint density at radius 2 is 1.83 bits per heavy atom. The Morgan fingerprint density at radius 1 is 1.10 bits per heavy atom. The Kier molecular flexibility index (Phi) is 7.93. The van der Waals surface area contributed by atoms with E-state index in [1.807, 2.05) is 43.3 Å². The normalized spacial score (nSPS) is 14.8. The van der Waals surface area contributed by atoms with Crippen LogP contribution in [0.1, 0.15) is 42.1 Å². The Hall–Kier alpha value is -4.83. The van der Waals surface area contributed by atoms with Gasteiger partial charge in [-0.2, -0.15) is 0 Å². The van der Waals surface area contributed by atoms with Crippen LogP contribution in [0.2, 0.25) is 0 Å². The van der Waals surface area contributed by atoms with Crippen molar-refractivity contribution in [2.45, 2.75) is 33.4 Å². The van der Waals surface area contributed by atoms with Crippen molar-refractivity contribution in [3.63, 3.8) is 0 Å². The average Bonchev–Trinajstić information content (AvgIpc) is 3.26. The summed E-state index contributed by atoms with van der Waals surface area (Å²) in [6.07, 6.45) is 1.78. The maximum Gasteiger partial charge on any atom is 0.338 e. The first kappa shape index (κ1) is 27.7. The fraction of sp³-hybridized carbons (Fsp3) is 0.194. The fourth-order valence-corrected chi connectivity index (χ4v) is 5.64. The van der Waals surface area contributed by atoms with Crippen LogP contribution in [0.4, 0.5) is 5.69 Å². The zero-order valence-corrected chi connectivity index (χ0v) is 23.5. The third-order valence-electron chi connectivity index (χ3n) is 6.61. The molecule has 1 aliphatic rings. The monoisotopic (exact) mass is 569 g/mol. The number of carbonyl (C=O) groups excluding carboxylic acids is 1. The first-order chi connectivity index (χ1) is 19.7. The molecule has 1 aliphatic heterocycles. The third kappa shape index (κ3) is 5.87. The van der Waals surface area contributed by atoms with E-state index >= 15 is 0 Å². The molecule has 0 aliphatic carbocycles. The molecule has 41 heavy (non-hydrogen) atoms. The fourth-order valence-electron chi connectivity index (χ4n) is 4.59. The number of nitro groups is 1. The molecule has 0 amide bonds. The Labute approximate surface area is 239 Å². The largest absolute Gasteiger partial charge is 0.489 e. The number of rotatable bonds is 8. The molecule has 0 saturated heterocycles. The standard InChI is InChI=1S/C31H27N3O6S/c1-4-39-30(36)27-20(3)32-31-33(28(27)23-12-8-19(2)9-13-23)29(35)26(41-31)17-21-10-14-25(15-11-21)40-18-22-6-5-7-24(16-22)34(37)38/h5-17,28H,4,18H2,1-3H3/b26-17+/t28-/m0/s1. The van der Waals surface area contributed by atoms with Crippen LogP contribution < -0.4 is 19.6 Å². The van der Waals surface area contributed by atoms with Gasteiger partial charge in [0.15, 0.2) is 4.80 Å². The van der Waals surface area contributed by atoms with Crippen LogP contribution in [0.5, 0.6) is 5.75 Å². The summed E-state index contributed by atoms with van der Waals surface area (Å²) in [5.41, 5.74) is 3.96. The SMILES string of the molecule is CCOC(=O)C1=C(C)N=c2s/c(=C/c3ccc(OCc4cccc([N+](=O)[O-])c4)cc3)c(=O)n2[C@H]1c1ccc(C)cc1. The van der Waals surface area contributed by atoms with Crippen LogP contribution in [0.25, 0.3) is 6.08 Å². The van der Waals surface area contributed by atoms with Crippen LogP contribution in [-0.2, 0) is 16.1 Å². The number of nitrogens with zero attached hydrogens (tertiary/aromatic N) is 3. The Balaban J connectivity index is 1.46. The van der Waals surface area contributed by atoms with Crippen molar-refractivity contribution in [1.82, 2.24) is 4.57 Å². The number of hydrogen-bond donors (Lipinski definition) is 0. The van der Waals surface area contributed by atoms with Crippen molar-refractivity contribution in [2.24, 2.45) is 4.99 Å². The molecule has 0 fully saturated rings. The van der Waals surface area contributed by atoms with Crippen LogP contribution in [-0.4, -0.2) is 22.1 Å². The molecule has 9 nitrogen and oxygen atoms in total. The third-order valence-corrected chi connectivity index (χ3v) is 7.60. The number of aryl methyl sites for hydroxylation is 1. The number of allylic oxidation sites excluding steroid dienone is 1. The molecule has 0 radical (unpaired) electrons. The molecule has 1 aromatic heterocycles. The van der Waals surface area contributed by atoms with E-state index in [4.69, 9.17) is 9.47 Å². The average molecular weight is 570 g/mol. The highest BCUT2D eigenvalue weighted by Crippen LogP contribution is 2.30. The summed E-state index contributed by atoms with van der Waals surface area (Å²) < 4.78 is 13.2. The van der Waals surface area contributed by atoms with E-state index in [2.05, 4.69) is 4.99 Å². The summed E-state index contributed by atoms with van der Waals surface area (Å²) in [5, 5.41) is 11.0. The summed E-state index contributed by atoms with van der Waals surface area (Å²) >= 11 is 1.26. The van der Waals surface area contributed by atoms with Crippen LogP contribution in [0.15, 0.2) is 93.9 Å². The minimum absolute atomic E-state index is 0.0112. The number of aromatic nitrogens is 1. The second kappa shape index (κ2) is 11.7. The molecule has 208 valence electrons. The number of ether oxygens (including phenoxy) is 2. The number of esters is 1. The molecular formula is C31H27N3O6S. The van der Waals surface area contributed by atoms with Crippen LogP contribution in [0.3, 0.4) is 0 Å². The number of thiazole rings is 1. The number of nitro benzene ring substituents is 1. The van der Waals surface area contributed by atoms with Crippen molar-refractivity contribution in [3.05, 3.63) is 136 Å². The van der Waals surface area contributed by atoms with Crippen molar-refractivity contribution in [3.8, 4) is 5.75 Å². The number of non-ortho nitro benzene ring substituents is 1. The second-order valence-corrected chi connectivity index (χ2v) is 10.5. The zero-order valence-electron chi connectivity index (χ0n) is 22.7. The molecule has 5 rings (SSSR count). The van der Waals surface area contributed by atoms with E-state index in [1.165, 1.54) is 23.5 Å². The van der Waals surface area contributed by atoms with E-state index in [0.29, 0.717) is 31.9 Å². The van der Waals surface area contributed by atoms with Gasteiger partial charge in [0.25, 0.3) is 11.2 Å². The lowest BCUT2D eigenvalue weighted by molar-refractivity contribution is -0.384. The maximum absolute atomic E-state index is 13.7. The van der Waals surface area contributed by atoms with Gasteiger partial charge in [0, 0.05) is 12.1 Å². The van der Waals surface area contributed by atoms with Gasteiger partial charge in [-0.15, -0.1) is 0 Å². The summed E-state index contributed by atoms with van der Waals surface area (Å²) in [6.45, 7) is 5.88. The number of carbonyl (C=O) groups is 1. The molecule has 4 aromatic rings. The molecule has 2 heterocycles. The lowest BCUT2D eigenvalue weighted by Crippen LogP contribution is -2.39. The number of hydrogen-bond acceptors (Lipinski definition) is 8. The van der Waals surface area contributed by atoms with Crippen LogP contribution >= 0.6 is 11.3 Å². The van der Waals surface area contributed by atoms with Gasteiger partial charge in [0.2, 0.25) is 0 Å². The minimum Gasteiger partial charge on any atom is -0.489 e. The van der Waals surface area contributed by atoms with Gasteiger partial charge in [-0.1, -0.05) is 65.4 Å². The molecule has 0 bridgehead atoms. The van der Waals surface area contributed by atoms with Gasteiger partial charge in [0.1, 0.15) is 12.4 Å². The quantitative estimate of drug-likeness (QED) is 0.174. The van der Waals surface area contributed by atoms with Crippen molar-refractivity contribution >= 4 is 29.1 Å². The molecule has 0 spiro atoms. The van der Waals surface area contributed by atoms with Crippen molar-refractivity contribution in [1.29, 1.82) is 0 Å². The number of benzene rings is 3. The van der Waals surface area contributed by atoms with Gasteiger partial charge in [0.05, 0.1) is 33.4 Å². The highest BCUT2D eigenvalue weighted by molar-refractivity contribution is 7.07.